The number of hydrogen-bond donors (Lipinski definition) is 1. The zero-order valence-corrected chi connectivity index (χ0v) is 24.8. The number of aromatic nitrogens is 2. The van der Waals surface area contributed by atoms with E-state index in [0.29, 0.717) is 0 Å². The maximum absolute atomic E-state index is 11.5. The van der Waals surface area contributed by atoms with Crippen molar-refractivity contribution in [3.63, 3.8) is 0 Å². The Labute approximate surface area is 228 Å². The molecule has 4 nitrogen and oxygen atoms in total. The molecule has 0 bridgehead atoms. The van der Waals surface area contributed by atoms with Gasteiger partial charge in [-0.2, -0.15) is 0 Å². The van der Waals surface area contributed by atoms with Crippen molar-refractivity contribution >= 4 is 27.3 Å². The monoisotopic (exact) mass is 660 g/mol. The first kappa shape index (κ1) is 29.4. The third-order valence-corrected chi connectivity index (χ3v) is 5.74. The number of pyridine rings is 2. The third kappa shape index (κ3) is 7.09. The molecule has 0 unspecified atom stereocenters. The summed E-state index contributed by atoms with van der Waals surface area (Å²) in [5, 5.41) is 14.3. The number of ketones is 1. The van der Waals surface area contributed by atoms with E-state index in [1.54, 1.807) is 0 Å². The van der Waals surface area contributed by atoms with Crippen LogP contribution in [0.5, 0.6) is 0 Å². The topological polar surface area (TPSA) is 63.1 Å². The molecule has 191 valence electrons. The van der Waals surface area contributed by atoms with Crippen molar-refractivity contribution in [1.29, 1.82) is 0 Å². The molecule has 0 fully saturated rings. The van der Waals surface area contributed by atoms with Gasteiger partial charge in [-0.3, -0.25) is 9.78 Å². The number of allylic oxidation sites excluding steroid dienone is 2. The van der Waals surface area contributed by atoms with Gasteiger partial charge in [0.2, 0.25) is 0 Å². The molecular weight excluding hydrogens is 625 g/mol. The summed E-state index contributed by atoms with van der Waals surface area (Å²) in [5.41, 5.74) is 3.65. The first-order chi connectivity index (χ1) is 16.3. The Kier molecular flexibility index (Phi) is 9.34. The van der Waals surface area contributed by atoms with Gasteiger partial charge >= 0.3 is 0 Å². The zero-order chi connectivity index (χ0) is 26.0. The molecule has 0 saturated heterocycles. The van der Waals surface area contributed by atoms with Gasteiger partial charge in [-0.05, 0) is 34.0 Å². The van der Waals surface area contributed by atoms with Crippen LogP contribution in [0, 0.1) is 30.7 Å². The van der Waals surface area contributed by atoms with Crippen LogP contribution in [0.15, 0.2) is 66.8 Å². The van der Waals surface area contributed by atoms with E-state index in [2.05, 4.69) is 66.3 Å². The molecule has 0 aliphatic rings. The Morgan fingerprint density at radius 3 is 2.17 bits per heavy atom. The van der Waals surface area contributed by atoms with Crippen LogP contribution in [-0.2, 0) is 24.9 Å². The second kappa shape index (κ2) is 11.5. The largest absolute Gasteiger partial charge is 0.512 e. The van der Waals surface area contributed by atoms with Crippen molar-refractivity contribution in [2.45, 2.75) is 55.4 Å². The van der Waals surface area contributed by atoms with Gasteiger partial charge in [0.15, 0.2) is 5.78 Å². The van der Waals surface area contributed by atoms with E-state index in [-0.39, 0.29) is 37.1 Å². The average molecular weight is 660 g/mol. The predicted octanol–water partition coefficient (Wildman–Crippen LogP) is 7.95. The molecular formula is C31H35IrN2O2-. The molecule has 0 aliphatic heterocycles. The molecule has 1 radical (unpaired) electrons. The average Bonchev–Trinajstić information content (AvgIpc) is 2.77. The summed E-state index contributed by atoms with van der Waals surface area (Å²) >= 11 is 0. The number of benzene rings is 2. The van der Waals surface area contributed by atoms with Gasteiger partial charge in [-0.15, -0.1) is 34.9 Å². The number of aliphatic hydroxyl groups excluding tert-OH is 1. The van der Waals surface area contributed by atoms with Gasteiger partial charge in [0, 0.05) is 61.0 Å². The van der Waals surface area contributed by atoms with Crippen LogP contribution < -0.4 is 0 Å². The number of hydrogen-bond acceptors (Lipinski definition) is 4. The molecule has 0 amide bonds. The van der Waals surface area contributed by atoms with Crippen molar-refractivity contribution in [1.82, 2.24) is 9.97 Å². The van der Waals surface area contributed by atoms with E-state index in [1.807, 2.05) is 60.1 Å². The fraction of sp³-hybridized carbons (Fsp3) is 0.323. The third-order valence-electron chi connectivity index (χ3n) is 5.74. The molecule has 2 aromatic heterocycles. The van der Waals surface area contributed by atoms with Crippen molar-refractivity contribution in [3.05, 3.63) is 84.0 Å². The summed E-state index contributed by atoms with van der Waals surface area (Å²) in [4.78, 5) is 20.3. The fourth-order valence-electron chi connectivity index (χ4n) is 3.63. The van der Waals surface area contributed by atoms with Crippen molar-refractivity contribution in [2.75, 3.05) is 0 Å². The number of fused-ring (bicyclic) bond motifs is 3. The number of rotatable bonds is 2. The van der Waals surface area contributed by atoms with Crippen LogP contribution in [0.1, 0.15) is 52.7 Å². The first-order valence-electron chi connectivity index (χ1n) is 11.9. The van der Waals surface area contributed by atoms with Crippen molar-refractivity contribution in [2.24, 2.45) is 10.8 Å². The summed E-state index contributed by atoms with van der Waals surface area (Å²) in [6.07, 6.45) is 6.95. The van der Waals surface area contributed by atoms with Crippen LogP contribution >= 0.6 is 0 Å². The molecule has 0 saturated carbocycles. The Morgan fingerprint density at radius 1 is 0.889 bits per heavy atom. The summed E-state index contributed by atoms with van der Waals surface area (Å²) in [6.45, 7) is 15.3. The normalized spacial score (nSPS) is 12.1. The molecule has 4 aromatic rings. The van der Waals surface area contributed by atoms with Crippen molar-refractivity contribution < 1.29 is 30.0 Å². The van der Waals surface area contributed by atoms with Crippen LogP contribution in [0.4, 0.5) is 0 Å². The molecule has 0 spiro atoms. The van der Waals surface area contributed by atoms with Gasteiger partial charge in [-0.1, -0.05) is 67.5 Å². The molecule has 4 rings (SSSR count). The minimum atomic E-state index is -0.417. The van der Waals surface area contributed by atoms with E-state index >= 15 is 0 Å². The van der Waals surface area contributed by atoms with Gasteiger partial charge < -0.3 is 10.1 Å². The van der Waals surface area contributed by atoms with E-state index in [1.165, 1.54) is 22.4 Å². The van der Waals surface area contributed by atoms with Crippen LogP contribution in [0.2, 0.25) is 0 Å². The first-order valence-corrected chi connectivity index (χ1v) is 11.9. The maximum atomic E-state index is 11.5. The molecule has 0 atom stereocenters. The van der Waals surface area contributed by atoms with E-state index in [0.717, 1.165) is 27.6 Å². The zero-order valence-electron chi connectivity index (χ0n) is 22.4. The maximum Gasteiger partial charge on any atom is 0.164 e. The predicted molar refractivity (Wildman–Crippen MR) is 145 cm³/mol. The smallest absolute Gasteiger partial charge is 0.164 e. The van der Waals surface area contributed by atoms with E-state index in [9.17, 15) is 9.90 Å². The Bertz CT molecular complexity index is 1390. The van der Waals surface area contributed by atoms with Crippen LogP contribution in [0.25, 0.3) is 32.8 Å². The Hall–Kier alpha value is -2.88. The van der Waals surface area contributed by atoms with Gasteiger partial charge in [-0.25, -0.2) is 0 Å². The molecule has 1 N–H and O–H groups in total. The second-order valence-corrected chi connectivity index (χ2v) is 11.1. The summed E-state index contributed by atoms with van der Waals surface area (Å²) < 4.78 is 0. The molecule has 2 aromatic carbocycles. The number of carbonyl (C=O) groups is 1. The van der Waals surface area contributed by atoms with Crippen LogP contribution in [0.3, 0.4) is 0 Å². The summed E-state index contributed by atoms with van der Waals surface area (Å²) in [7, 11) is 0. The molecule has 2 heterocycles. The van der Waals surface area contributed by atoms with E-state index < -0.39 is 5.41 Å². The second-order valence-electron chi connectivity index (χ2n) is 11.1. The van der Waals surface area contributed by atoms with Gasteiger partial charge in [0.25, 0.3) is 0 Å². The van der Waals surface area contributed by atoms with Gasteiger partial charge in [0.1, 0.15) is 5.76 Å². The SMILES string of the molecule is CC(C)(C)C(=O)/C=C(\O)C(C)(C)C.Cc1[c-]c(-c2nccc3c2ccc2cnccc23)cc(C)c1.[Ir]. The number of aryl methyl sites for hydroxylation is 2. The number of aliphatic hydroxyl groups is 1. The van der Waals surface area contributed by atoms with Crippen LogP contribution in [-0.4, -0.2) is 20.9 Å². The molecule has 5 heteroatoms. The minimum Gasteiger partial charge on any atom is -0.512 e. The van der Waals surface area contributed by atoms with Crippen molar-refractivity contribution in [3.8, 4) is 11.3 Å². The fourth-order valence-corrected chi connectivity index (χ4v) is 3.63. The standard InChI is InChI=1S/C20H15N2.C11H20O2.Ir/c1-13-9-14(2)11-16(10-13)20-19-4-3-15-12-21-7-5-17(15)18(19)6-8-22-20;1-10(2,3)8(12)7-9(13)11(4,5)6;/h3-10,12H,1-2H3;7,12H,1-6H3;/q-1;;/b;8-7-;. The molecule has 36 heavy (non-hydrogen) atoms. The Balaban J connectivity index is 0.000000285. The minimum absolute atomic E-state index is 0. The van der Waals surface area contributed by atoms with E-state index in [4.69, 9.17) is 0 Å². The Morgan fingerprint density at radius 2 is 1.56 bits per heavy atom. The molecule has 0 aliphatic carbocycles. The quantitative estimate of drug-likeness (QED) is 0.103. The van der Waals surface area contributed by atoms with Gasteiger partial charge in [0.05, 0.1) is 0 Å². The summed E-state index contributed by atoms with van der Waals surface area (Å²) in [5.74, 6) is 0.104. The number of carbonyl (C=O) groups excluding carboxylic acids is 1. The number of nitrogens with zero attached hydrogens (tertiary/aromatic N) is 2. The summed E-state index contributed by atoms with van der Waals surface area (Å²) in [6, 6.07) is 16.1.